The minimum Gasteiger partial charge on any atom is -0.457 e. The Hall–Kier alpha value is -3.35. The van der Waals surface area contributed by atoms with Crippen LogP contribution in [0.25, 0.3) is 0 Å². The molecule has 0 aromatic heterocycles. The smallest absolute Gasteiger partial charge is 0.257 e. The Bertz CT molecular complexity index is 1120. The van der Waals surface area contributed by atoms with Crippen molar-refractivity contribution in [1.29, 1.82) is 0 Å². The van der Waals surface area contributed by atoms with Crippen molar-refractivity contribution in [1.82, 2.24) is 9.80 Å². The molecule has 0 saturated carbocycles. The van der Waals surface area contributed by atoms with Crippen molar-refractivity contribution in [2.45, 2.75) is 51.5 Å². The van der Waals surface area contributed by atoms with Crippen molar-refractivity contribution in [3.05, 3.63) is 59.7 Å². The number of aliphatic imine (C=N–C) groups is 1. The molecule has 2 N–H and O–H groups in total. The monoisotopic (exact) mass is 474 g/mol. The van der Waals surface area contributed by atoms with Gasteiger partial charge in [-0.25, -0.2) is 4.99 Å². The fraction of sp³-hybridized carbons (Fsp3) is 0.464. The van der Waals surface area contributed by atoms with Gasteiger partial charge in [0.2, 0.25) is 5.91 Å². The van der Waals surface area contributed by atoms with Crippen molar-refractivity contribution in [2.24, 2.45) is 22.6 Å². The molecule has 2 aromatic carbocycles. The van der Waals surface area contributed by atoms with E-state index in [0.29, 0.717) is 37.9 Å². The van der Waals surface area contributed by atoms with E-state index in [-0.39, 0.29) is 23.7 Å². The number of likely N-dealkylation sites (tertiary alicyclic amines) is 1. The van der Waals surface area contributed by atoms with E-state index in [1.165, 1.54) is 0 Å². The molecule has 5 rings (SSSR count). The first-order valence-electron chi connectivity index (χ1n) is 12.6. The molecule has 35 heavy (non-hydrogen) atoms. The molecule has 7 heteroatoms. The summed E-state index contributed by atoms with van der Waals surface area (Å²) >= 11 is 0. The lowest BCUT2D eigenvalue weighted by Gasteiger charge is -2.37. The topological polar surface area (TPSA) is 88.2 Å². The average molecular weight is 475 g/mol. The minimum absolute atomic E-state index is 0.00220. The summed E-state index contributed by atoms with van der Waals surface area (Å²) in [6, 6.07) is 15.6. The van der Waals surface area contributed by atoms with Crippen LogP contribution >= 0.6 is 0 Å². The number of nitrogens with two attached hydrogens (primary N) is 1. The molecule has 1 saturated heterocycles. The van der Waals surface area contributed by atoms with Gasteiger partial charge >= 0.3 is 0 Å². The maximum atomic E-state index is 13.8. The van der Waals surface area contributed by atoms with Gasteiger partial charge in [0, 0.05) is 30.8 Å². The summed E-state index contributed by atoms with van der Waals surface area (Å²) in [6.07, 6.45) is 2.34. The van der Waals surface area contributed by atoms with E-state index in [0.717, 1.165) is 35.5 Å². The number of nitrogens with zero attached hydrogens (tertiary/aromatic N) is 3. The second-order valence-electron chi connectivity index (χ2n) is 10.6. The molecule has 1 fully saturated rings. The first kappa shape index (κ1) is 23.4. The van der Waals surface area contributed by atoms with Crippen molar-refractivity contribution in [3.63, 3.8) is 0 Å². The lowest BCUT2D eigenvalue weighted by atomic mass is 9.85. The first-order valence-corrected chi connectivity index (χ1v) is 12.6. The summed E-state index contributed by atoms with van der Waals surface area (Å²) in [7, 11) is 0. The molecule has 0 radical (unpaired) electrons. The van der Waals surface area contributed by atoms with Crippen LogP contribution in [0, 0.1) is 11.8 Å². The van der Waals surface area contributed by atoms with Crippen molar-refractivity contribution >= 4 is 17.8 Å². The molecule has 0 aliphatic carbocycles. The van der Waals surface area contributed by atoms with E-state index in [1.807, 2.05) is 60.4 Å². The van der Waals surface area contributed by atoms with E-state index >= 15 is 0 Å². The fourth-order valence-electron chi connectivity index (χ4n) is 5.81. The molecule has 0 spiro atoms. The van der Waals surface area contributed by atoms with Gasteiger partial charge in [0.05, 0.1) is 5.92 Å². The summed E-state index contributed by atoms with van der Waals surface area (Å²) in [5.41, 5.74) is 7.24. The second kappa shape index (κ2) is 9.02. The molecular formula is C28H34N4O3. The highest BCUT2D eigenvalue weighted by Gasteiger charge is 2.45. The number of piperidine rings is 1. The number of para-hydroxylation sites is 2. The van der Waals surface area contributed by atoms with Crippen molar-refractivity contribution < 1.29 is 14.3 Å². The predicted octanol–water partition coefficient (Wildman–Crippen LogP) is 4.12. The van der Waals surface area contributed by atoms with Gasteiger partial charge in [-0.15, -0.1) is 0 Å². The number of hydrogen-bond donors (Lipinski definition) is 1. The number of carbonyl (C=O) groups excluding carboxylic acids is 2. The van der Waals surface area contributed by atoms with Crippen LogP contribution in [-0.4, -0.2) is 52.7 Å². The third-order valence-electron chi connectivity index (χ3n) is 7.44. The van der Waals surface area contributed by atoms with Crippen LogP contribution in [0.4, 0.5) is 0 Å². The molecule has 184 valence electrons. The van der Waals surface area contributed by atoms with Crippen molar-refractivity contribution in [2.75, 3.05) is 19.6 Å². The standard InChI is InChI=1S/C28H34N4O3/c1-18(2)16-28(3)26(34)32(27(29)30-28)17-19-12-14-31(15-13-19)25(33)24-20-8-4-6-10-22(20)35-23-11-7-5-9-21(23)24/h4-11,18-19,24H,12-17H2,1-3H3,(H2,29,30). The first-order chi connectivity index (χ1) is 16.8. The van der Waals surface area contributed by atoms with E-state index in [2.05, 4.69) is 18.8 Å². The molecule has 2 amide bonds. The molecule has 7 nitrogen and oxygen atoms in total. The number of amides is 2. The highest BCUT2D eigenvalue weighted by atomic mass is 16.5. The Balaban J connectivity index is 1.26. The largest absolute Gasteiger partial charge is 0.457 e. The predicted molar refractivity (Wildman–Crippen MR) is 135 cm³/mol. The van der Waals surface area contributed by atoms with Gasteiger partial charge in [0.15, 0.2) is 5.96 Å². The van der Waals surface area contributed by atoms with Crippen molar-refractivity contribution in [3.8, 4) is 11.5 Å². The normalized spacial score (nSPS) is 22.6. The maximum Gasteiger partial charge on any atom is 0.257 e. The second-order valence-corrected chi connectivity index (χ2v) is 10.6. The van der Waals surface area contributed by atoms with Crippen LogP contribution in [-0.2, 0) is 9.59 Å². The van der Waals surface area contributed by atoms with Gasteiger partial charge in [0.1, 0.15) is 17.0 Å². The zero-order valence-corrected chi connectivity index (χ0v) is 20.7. The molecule has 0 bridgehead atoms. The summed E-state index contributed by atoms with van der Waals surface area (Å²) in [5, 5.41) is 0. The van der Waals surface area contributed by atoms with Gasteiger partial charge in [-0.2, -0.15) is 0 Å². The van der Waals surface area contributed by atoms with Gasteiger partial charge in [-0.1, -0.05) is 50.2 Å². The summed E-state index contributed by atoms with van der Waals surface area (Å²) in [4.78, 5) is 35.1. The number of rotatable bonds is 5. The maximum absolute atomic E-state index is 13.8. The fourth-order valence-corrected chi connectivity index (χ4v) is 5.81. The van der Waals surface area contributed by atoms with Gasteiger partial charge in [-0.3, -0.25) is 14.5 Å². The zero-order valence-electron chi connectivity index (χ0n) is 20.7. The van der Waals surface area contributed by atoms with Crippen LogP contribution < -0.4 is 10.5 Å². The number of ether oxygens (including phenoxy) is 1. The Morgan fingerprint density at radius 1 is 1.09 bits per heavy atom. The molecule has 1 unspecified atom stereocenters. The number of fused-ring (bicyclic) bond motifs is 2. The molecular weight excluding hydrogens is 440 g/mol. The molecule has 3 aliphatic rings. The van der Waals surface area contributed by atoms with Crippen LogP contribution in [0.1, 0.15) is 57.1 Å². The molecule has 1 atom stereocenters. The highest BCUT2D eigenvalue weighted by molar-refractivity contribution is 6.06. The number of carbonyl (C=O) groups is 2. The number of hydrogen-bond acceptors (Lipinski definition) is 5. The lowest BCUT2D eigenvalue weighted by Crippen LogP contribution is -2.48. The van der Waals surface area contributed by atoms with Crippen LogP contribution in [0.2, 0.25) is 0 Å². The Morgan fingerprint density at radius 3 is 2.23 bits per heavy atom. The number of guanidine groups is 1. The third-order valence-corrected chi connectivity index (χ3v) is 7.44. The molecule has 3 aliphatic heterocycles. The van der Waals surface area contributed by atoms with E-state index < -0.39 is 5.54 Å². The molecule has 2 aromatic rings. The van der Waals surface area contributed by atoms with Crippen LogP contribution in [0.3, 0.4) is 0 Å². The van der Waals surface area contributed by atoms with E-state index in [9.17, 15) is 9.59 Å². The third kappa shape index (κ3) is 4.28. The van der Waals surface area contributed by atoms with E-state index in [1.54, 1.807) is 4.90 Å². The molecule has 3 heterocycles. The Labute approximate surface area is 207 Å². The van der Waals surface area contributed by atoms with Gasteiger partial charge in [-0.05, 0) is 50.2 Å². The van der Waals surface area contributed by atoms with Crippen LogP contribution in [0.15, 0.2) is 53.5 Å². The summed E-state index contributed by atoms with van der Waals surface area (Å²) < 4.78 is 6.07. The minimum atomic E-state index is -0.765. The zero-order chi connectivity index (χ0) is 24.7. The number of benzene rings is 2. The highest BCUT2D eigenvalue weighted by Crippen LogP contribution is 2.45. The van der Waals surface area contributed by atoms with Gasteiger partial charge in [0.25, 0.3) is 5.91 Å². The van der Waals surface area contributed by atoms with Crippen LogP contribution in [0.5, 0.6) is 11.5 Å². The summed E-state index contributed by atoms with van der Waals surface area (Å²) in [6.45, 7) is 7.95. The van der Waals surface area contributed by atoms with Gasteiger partial charge < -0.3 is 15.4 Å². The quantitative estimate of drug-likeness (QED) is 0.706. The average Bonchev–Trinajstić information content (AvgIpc) is 3.04. The SMILES string of the molecule is CC(C)CC1(C)N=C(N)N(CC2CCN(C(=O)C3c4ccccc4Oc4ccccc43)CC2)C1=O. The Morgan fingerprint density at radius 2 is 1.66 bits per heavy atom. The lowest BCUT2D eigenvalue weighted by molar-refractivity contribution is -0.135. The summed E-state index contributed by atoms with van der Waals surface area (Å²) in [5.74, 6) is 2.19. The van der Waals surface area contributed by atoms with E-state index in [4.69, 9.17) is 10.5 Å². The Kier molecular flexibility index (Phi) is 6.03.